The highest BCUT2D eigenvalue weighted by Crippen LogP contribution is 2.21. The third-order valence-corrected chi connectivity index (χ3v) is 9.20. The van der Waals surface area contributed by atoms with Crippen LogP contribution in [-0.2, 0) is 39.9 Å². The summed E-state index contributed by atoms with van der Waals surface area (Å²) in [6.45, 7) is 3.84. The number of fused-ring (bicyclic) bond motifs is 1. The predicted octanol–water partition coefficient (Wildman–Crippen LogP) is 2.21. The molecular formula is C31H44N4O7S2. The highest BCUT2D eigenvalue weighted by molar-refractivity contribution is 8.13. The lowest BCUT2D eigenvalue weighted by atomic mass is 10.0. The Morgan fingerprint density at radius 1 is 0.795 bits per heavy atom. The summed E-state index contributed by atoms with van der Waals surface area (Å²) < 4.78 is 5.63. The summed E-state index contributed by atoms with van der Waals surface area (Å²) >= 11 is 2.40. The number of hydrogen-bond acceptors (Lipinski definition) is 9. The molecular weight excluding hydrogens is 604 g/mol. The second kappa shape index (κ2) is 18.8. The first-order valence-electron chi connectivity index (χ1n) is 15.3. The van der Waals surface area contributed by atoms with Crippen LogP contribution in [-0.4, -0.2) is 94.2 Å². The number of ether oxygens (including phenoxy) is 1. The van der Waals surface area contributed by atoms with E-state index in [1.54, 1.807) is 0 Å². The van der Waals surface area contributed by atoms with Gasteiger partial charge in [0.25, 0.3) is 0 Å². The summed E-state index contributed by atoms with van der Waals surface area (Å²) in [7, 11) is 0. The number of thioether (sulfide) groups is 2. The Bertz CT molecular complexity index is 1150. The maximum absolute atomic E-state index is 13.9. The molecule has 0 spiro atoms. The van der Waals surface area contributed by atoms with Crippen LogP contribution in [0.25, 0.3) is 0 Å². The van der Waals surface area contributed by atoms with Crippen molar-refractivity contribution in [2.75, 3.05) is 31.3 Å². The van der Waals surface area contributed by atoms with Gasteiger partial charge in [0.2, 0.25) is 23.6 Å². The molecule has 1 aromatic rings. The van der Waals surface area contributed by atoms with Gasteiger partial charge in [-0.3, -0.25) is 28.8 Å². The monoisotopic (exact) mass is 648 g/mol. The molecule has 2 fully saturated rings. The van der Waals surface area contributed by atoms with Crippen LogP contribution >= 0.6 is 23.5 Å². The van der Waals surface area contributed by atoms with E-state index in [1.807, 2.05) is 30.3 Å². The number of rotatable bonds is 14. The second-order valence-electron chi connectivity index (χ2n) is 11.0. The first-order valence-corrected chi connectivity index (χ1v) is 17.2. The van der Waals surface area contributed by atoms with Crippen molar-refractivity contribution in [2.45, 2.75) is 89.4 Å². The average molecular weight is 649 g/mol. The summed E-state index contributed by atoms with van der Waals surface area (Å²) in [4.78, 5) is 78.5. The van der Waals surface area contributed by atoms with Crippen molar-refractivity contribution in [3.8, 4) is 0 Å². The summed E-state index contributed by atoms with van der Waals surface area (Å²) in [6.07, 6.45) is 4.05. The lowest BCUT2D eigenvalue weighted by Gasteiger charge is -2.32. The topological polar surface area (TPSA) is 151 Å². The summed E-state index contributed by atoms with van der Waals surface area (Å²) in [5, 5.41) is 8.61. The molecule has 1 aromatic carbocycles. The summed E-state index contributed by atoms with van der Waals surface area (Å²) in [5.41, 5.74) is 0.854. The molecule has 0 saturated carbocycles. The van der Waals surface area contributed by atoms with Crippen LogP contribution in [0.1, 0.15) is 64.4 Å². The Kier molecular flexibility index (Phi) is 15.2. The molecule has 2 saturated heterocycles. The van der Waals surface area contributed by atoms with Crippen LogP contribution in [0.4, 0.5) is 0 Å². The van der Waals surface area contributed by atoms with E-state index < -0.39 is 36.0 Å². The first-order chi connectivity index (χ1) is 21.2. The lowest BCUT2D eigenvalue weighted by molar-refractivity contribution is -0.143. The largest absolute Gasteiger partial charge is 0.380 e. The van der Waals surface area contributed by atoms with E-state index in [-0.39, 0.29) is 41.5 Å². The van der Waals surface area contributed by atoms with Crippen LogP contribution < -0.4 is 16.0 Å². The van der Waals surface area contributed by atoms with Gasteiger partial charge < -0.3 is 25.6 Å². The van der Waals surface area contributed by atoms with E-state index in [2.05, 4.69) is 16.0 Å². The predicted molar refractivity (Wildman–Crippen MR) is 171 cm³/mol. The molecule has 4 atom stereocenters. The van der Waals surface area contributed by atoms with Crippen LogP contribution in [0.3, 0.4) is 0 Å². The van der Waals surface area contributed by atoms with Gasteiger partial charge in [0.1, 0.15) is 24.2 Å². The smallest absolute Gasteiger partial charge is 0.246 e. The summed E-state index contributed by atoms with van der Waals surface area (Å²) in [5.74, 6) is -0.521. The number of benzene rings is 1. The number of carbonyl (C=O) groups excluding carboxylic acids is 6. The fourth-order valence-corrected chi connectivity index (χ4v) is 6.42. The Balaban J connectivity index is 1.79. The maximum Gasteiger partial charge on any atom is 0.246 e. The van der Waals surface area contributed by atoms with Gasteiger partial charge in [-0.05, 0) is 37.7 Å². The van der Waals surface area contributed by atoms with Crippen LogP contribution in [0.15, 0.2) is 30.3 Å². The Morgan fingerprint density at radius 2 is 1.43 bits per heavy atom. The highest BCUT2D eigenvalue weighted by Gasteiger charge is 2.40. The fraction of sp³-hybridized carbons (Fsp3) is 0.613. The minimum Gasteiger partial charge on any atom is -0.380 e. The Labute approximate surface area is 267 Å². The molecule has 0 radical (unpaired) electrons. The van der Waals surface area contributed by atoms with Gasteiger partial charge >= 0.3 is 0 Å². The van der Waals surface area contributed by atoms with Gasteiger partial charge in [0.05, 0.1) is 6.61 Å². The van der Waals surface area contributed by atoms with Crippen molar-refractivity contribution in [3.05, 3.63) is 35.9 Å². The van der Waals surface area contributed by atoms with Crippen molar-refractivity contribution in [1.82, 2.24) is 20.9 Å². The van der Waals surface area contributed by atoms with E-state index in [1.165, 1.54) is 30.5 Å². The highest BCUT2D eigenvalue weighted by atomic mass is 32.2. The third kappa shape index (κ3) is 11.9. The number of carbonyl (C=O) groups is 6. The van der Waals surface area contributed by atoms with Crippen molar-refractivity contribution >= 4 is 57.4 Å². The molecule has 242 valence electrons. The minimum atomic E-state index is -1.01. The maximum atomic E-state index is 13.9. The number of hydrogen-bond donors (Lipinski definition) is 3. The Hall–Kier alpha value is -2.90. The van der Waals surface area contributed by atoms with Gasteiger partial charge in [0.15, 0.2) is 10.2 Å². The SMILES string of the molecule is CC(=O)SCCCCC[C@@H]1NC(=O)[C@H]2CCCN2C(=O)[C@H](Cc2ccccc2)NC(=O)[C@@H](CCOCCSC(C)=O)NC1=O. The van der Waals surface area contributed by atoms with E-state index >= 15 is 0 Å². The van der Waals surface area contributed by atoms with Crippen molar-refractivity contribution in [1.29, 1.82) is 0 Å². The van der Waals surface area contributed by atoms with E-state index in [9.17, 15) is 28.8 Å². The van der Waals surface area contributed by atoms with Crippen LogP contribution in [0.2, 0.25) is 0 Å². The van der Waals surface area contributed by atoms with Crippen molar-refractivity contribution in [2.24, 2.45) is 0 Å². The number of nitrogens with zero attached hydrogens (tertiary/aromatic N) is 1. The molecule has 0 aromatic heterocycles. The molecule has 0 bridgehead atoms. The minimum absolute atomic E-state index is 0.0142. The normalized spacial score (nSPS) is 22.7. The van der Waals surface area contributed by atoms with Gasteiger partial charge in [-0.1, -0.05) is 66.7 Å². The van der Waals surface area contributed by atoms with E-state index in [0.717, 1.165) is 30.2 Å². The molecule has 2 heterocycles. The van der Waals surface area contributed by atoms with Gasteiger partial charge in [-0.2, -0.15) is 0 Å². The van der Waals surface area contributed by atoms with Crippen LogP contribution in [0, 0.1) is 0 Å². The Morgan fingerprint density at radius 3 is 2.14 bits per heavy atom. The molecule has 44 heavy (non-hydrogen) atoms. The number of nitrogens with one attached hydrogen (secondary N) is 3. The summed E-state index contributed by atoms with van der Waals surface area (Å²) in [6, 6.07) is 5.79. The van der Waals surface area contributed by atoms with Crippen molar-refractivity contribution < 1.29 is 33.5 Å². The van der Waals surface area contributed by atoms with Gasteiger partial charge in [-0.15, -0.1) is 0 Å². The van der Waals surface area contributed by atoms with Crippen molar-refractivity contribution in [3.63, 3.8) is 0 Å². The molecule has 2 aliphatic rings. The molecule has 3 rings (SSSR count). The molecule has 0 unspecified atom stereocenters. The molecule has 0 aliphatic carbocycles. The quantitative estimate of drug-likeness (QED) is 0.258. The average Bonchev–Trinajstić information content (AvgIpc) is 3.48. The fourth-order valence-electron chi connectivity index (χ4n) is 5.29. The molecule has 4 amide bonds. The van der Waals surface area contributed by atoms with Gasteiger partial charge in [0, 0.05) is 44.9 Å². The van der Waals surface area contributed by atoms with Gasteiger partial charge in [-0.25, -0.2) is 0 Å². The van der Waals surface area contributed by atoms with Crippen LogP contribution in [0.5, 0.6) is 0 Å². The standard InChI is InChI=1S/C31H44N4O7S2/c1-21(36)43-18-8-4-7-12-24-28(38)32-25(14-16-42-17-19-44-22(2)37)29(39)34-26(20-23-10-5-3-6-11-23)31(41)35-15-9-13-27(35)30(40)33-24/h3,5-6,10-11,24-27H,4,7-9,12-20H2,1-2H3,(H,32,38)(H,33,40)(H,34,39)/t24-,25+,26-,27+/m0/s1. The lowest BCUT2D eigenvalue weighted by Crippen LogP contribution is -2.61. The number of unbranched alkanes of at least 4 members (excludes halogenated alkanes) is 2. The van der Waals surface area contributed by atoms with E-state index in [4.69, 9.17) is 4.74 Å². The zero-order chi connectivity index (χ0) is 31.9. The third-order valence-electron chi connectivity index (χ3n) is 7.53. The first kappa shape index (κ1) is 35.6. The molecule has 13 heteroatoms. The zero-order valence-electron chi connectivity index (χ0n) is 25.5. The second-order valence-corrected chi connectivity index (χ2v) is 13.5. The molecule has 2 aliphatic heterocycles. The molecule has 3 N–H and O–H groups in total. The van der Waals surface area contributed by atoms with E-state index in [0.29, 0.717) is 50.3 Å². The number of amides is 4. The molecule has 11 nitrogen and oxygen atoms in total. The zero-order valence-corrected chi connectivity index (χ0v) is 27.1.